The molecule has 0 aliphatic carbocycles. The summed E-state index contributed by atoms with van der Waals surface area (Å²) >= 11 is 4.91. The summed E-state index contributed by atoms with van der Waals surface area (Å²) in [6, 6.07) is 15.1. The third-order valence-corrected chi connectivity index (χ3v) is 4.18. The molecule has 0 bridgehead atoms. The van der Waals surface area contributed by atoms with Crippen LogP contribution in [0.15, 0.2) is 59.4 Å². The van der Waals surface area contributed by atoms with E-state index in [2.05, 4.69) is 10.3 Å². The van der Waals surface area contributed by atoms with Gasteiger partial charge in [-0.2, -0.15) is 0 Å². The molecule has 0 aliphatic rings. The number of amides is 1. The van der Waals surface area contributed by atoms with Crippen molar-refractivity contribution >= 4 is 34.0 Å². The Morgan fingerprint density at radius 2 is 1.89 bits per heavy atom. The number of hydroxylamine groups is 1. The van der Waals surface area contributed by atoms with Crippen LogP contribution in [0.1, 0.15) is 16.1 Å². The topological polar surface area (TPSA) is 103 Å². The minimum absolute atomic E-state index is 0.202. The maximum Gasteiger partial charge on any atom is 0.267 e. The monoisotopic (exact) mass is 383 g/mol. The van der Waals surface area contributed by atoms with E-state index in [0.29, 0.717) is 22.2 Å². The highest BCUT2D eigenvalue weighted by atomic mass is 32.1. The first kappa shape index (κ1) is 18.6. The molecule has 7 nitrogen and oxygen atoms in total. The van der Waals surface area contributed by atoms with Crippen LogP contribution < -0.4 is 21.0 Å². The zero-order valence-corrected chi connectivity index (χ0v) is 15.0. The summed E-state index contributed by atoms with van der Waals surface area (Å²) in [5.41, 5.74) is 3.18. The average Bonchev–Trinajstić information content (AvgIpc) is 2.71. The molecule has 0 radical (unpaired) electrons. The summed E-state index contributed by atoms with van der Waals surface area (Å²) in [4.78, 5) is 27.5. The molecule has 1 amide bonds. The van der Waals surface area contributed by atoms with Gasteiger partial charge in [-0.05, 0) is 36.4 Å². The second-order valence-electron chi connectivity index (χ2n) is 5.66. The van der Waals surface area contributed by atoms with Gasteiger partial charge in [0.25, 0.3) is 5.91 Å². The van der Waals surface area contributed by atoms with Crippen LogP contribution in [0.2, 0.25) is 0 Å². The molecule has 0 aliphatic heterocycles. The minimum atomic E-state index is -0.379. The molecule has 0 saturated heterocycles. The summed E-state index contributed by atoms with van der Waals surface area (Å²) in [5, 5.41) is 12.0. The van der Waals surface area contributed by atoms with E-state index >= 15 is 0 Å². The van der Waals surface area contributed by atoms with Gasteiger partial charge in [-0.3, -0.25) is 20.3 Å². The Morgan fingerprint density at radius 1 is 1.15 bits per heavy atom. The second kappa shape index (κ2) is 8.43. The average molecular weight is 383 g/mol. The lowest BCUT2D eigenvalue weighted by Crippen LogP contribution is -2.29. The van der Waals surface area contributed by atoms with Gasteiger partial charge in [-0.1, -0.05) is 24.4 Å². The highest BCUT2D eigenvalue weighted by Crippen LogP contribution is 2.12. The molecule has 1 heterocycles. The van der Waals surface area contributed by atoms with Gasteiger partial charge in [-0.15, -0.1) is 0 Å². The van der Waals surface area contributed by atoms with Gasteiger partial charge in [-0.25, -0.2) is 0 Å². The molecule has 0 unspecified atom stereocenters. The van der Waals surface area contributed by atoms with Crippen molar-refractivity contribution in [2.75, 3.05) is 13.2 Å². The van der Waals surface area contributed by atoms with E-state index < -0.39 is 0 Å². The van der Waals surface area contributed by atoms with Gasteiger partial charge < -0.3 is 15.0 Å². The molecule has 27 heavy (non-hydrogen) atoms. The van der Waals surface area contributed by atoms with Gasteiger partial charge in [0.1, 0.15) is 23.0 Å². The number of pyridine rings is 1. The van der Waals surface area contributed by atoms with E-state index in [0.717, 1.165) is 0 Å². The standard InChI is InChI=1S/C19H17N3O4S/c23-17-11-16(21-15-4-2-1-3-14(15)17)18(24)20-9-10-26-13-7-5-12(6-8-13)19(27)22-25/h1-8,11,25H,9-10H2,(H,20,24)(H,21,23)(H,22,27). The van der Waals surface area contributed by atoms with Crippen molar-refractivity contribution in [3.8, 4) is 5.75 Å². The lowest BCUT2D eigenvalue weighted by Gasteiger charge is -2.09. The van der Waals surface area contributed by atoms with Crippen LogP contribution in [0.4, 0.5) is 0 Å². The van der Waals surface area contributed by atoms with Crippen molar-refractivity contribution in [1.82, 2.24) is 15.8 Å². The Hall–Kier alpha value is -3.23. The predicted molar refractivity (Wildman–Crippen MR) is 105 cm³/mol. The molecule has 0 saturated carbocycles. The summed E-state index contributed by atoms with van der Waals surface area (Å²) < 4.78 is 5.54. The van der Waals surface area contributed by atoms with Crippen LogP contribution in [0.5, 0.6) is 5.75 Å². The quantitative estimate of drug-likeness (QED) is 0.295. The van der Waals surface area contributed by atoms with Gasteiger partial charge in [0.15, 0.2) is 5.43 Å². The highest BCUT2D eigenvalue weighted by molar-refractivity contribution is 7.80. The zero-order chi connectivity index (χ0) is 19.2. The van der Waals surface area contributed by atoms with Crippen molar-refractivity contribution in [2.24, 2.45) is 0 Å². The Bertz CT molecular complexity index is 1030. The maximum atomic E-state index is 12.2. The number of carbonyl (C=O) groups excluding carboxylic acids is 1. The fourth-order valence-corrected chi connectivity index (χ4v) is 2.65. The number of H-pyrrole nitrogens is 1. The van der Waals surface area contributed by atoms with Gasteiger partial charge >= 0.3 is 0 Å². The number of hydrogen-bond donors (Lipinski definition) is 4. The number of para-hydroxylation sites is 1. The van der Waals surface area contributed by atoms with Gasteiger partial charge in [0.2, 0.25) is 0 Å². The van der Waals surface area contributed by atoms with Crippen molar-refractivity contribution in [1.29, 1.82) is 0 Å². The molecule has 0 atom stereocenters. The van der Waals surface area contributed by atoms with Crippen LogP contribution >= 0.6 is 12.2 Å². The van der Waals surface area contributed by atoms with E-state index in [9.17, 15) is 9.59 Å². The molecule has 3 aromatic rings. The first-order valence-electron chi connectivity index (χ1n) is 8.16. The Labute approximate surface area is 159 Å². The molecule has 8 heteroatoms. The van der Waals surface area contributed by atoms with E-state index in [-0.39, 0.29) is 35.2 Å². The van der Waals surface area contributed by atoms with Crippen LogP contribution in [0, 0.1) is 0 Å². The van der Waals surface area contributed by atoms with Crippen LogP contribution in [-0.4, -0.2) is 34.2 Å². The van der Waals surface area contributed by atoms with E-state index in [1.54, 1.807) is 48.5 Å². The van der Waals surface area contributed by atoms with Crippen LogP contribution in [0.3, 0.4) is 0 Å². The second-order valence-corrected chi connectivity index (χ2v) is 6.07. The van der Waals surface area contributed by atoms with E-state index in [1.807, 2.05) is 5.48 Å². The number of benzene rings is 2. The lowest BCUT2D eigenvalue weighted by molar-refractivity contribution is 0.0942. The minimum Gasteiger partial charge on any atom is -0.492 e. The number of aromatic amines is 1. The Morgan fingerprint density at radius 3 is 2.63 bits per heavy atom. The van der Waals surface area contributed by atoms with Crippen molar-refractivity contribution in [3.63, 3.8) is 0 Å². The van der Waals surface area contributed by atoms with Crippen molar-refractivity contribution in [2.45, 2.75) is 0 Å². The zero-order valence-electron chi connectivity index (χ0n) is 14.2. The fraction of sp³-hybridized carbons (Fsp3) is 0.105. The first-order valence-corrected chi connectivity index (χ1v) is 8.57. The molecule has 138 valence electrons. The molecule has 4 N–H and O–H groups in total. The summed E-state index contributed by atoms with van der Waals surface area (Å²) in [6.45, 7) is 0.525. The number of thiocarbonyl (C=S) groups is 1. The van der Waals surface area contributed by atoms with Gasteiger partial charge in [0.05, 0.1) is 6.54 Å². The number of rotatable bonds is 6. The number of nitrogens with one attached hydrogen (secondary N) is 3. The molecule has 2 aromatic carbocycles. The normalized spacial score (nSPS) is 10.4. The smallest absolute Gasteiger partial charge is 0.267 e. The number of carbonyl (C=O) groups is 1. The molecule has 3 rings (SSSR count). The third kappa shape index (κ3) is 4.49. The Kier molecular flexibility index (Phi) is 5.80. The fourth-order valence-electron chi connectivity index (χ4n) is 2.52. The number of fused-ring (bicyclic) bond motifs is 1. The number of hydrogen-bond acceptors (Lipinski definition) is 5. The third-order valence-electron chi connectivity index (χ3n) is 3.86. The van der Waals surface area contributed by atoms with Crippen LogP contribution in [-0.2, 0) is 0 Å². The molecule has 0 fully saturated rings. The van der Waals surface area contributed by atoms with Gasteiger partial charge in [0, 0.05) is 22.5 Å². The molecule has 0 spiro atoms. The number of ether oxygens (including phenoxy) is 1. The number of aromatic nitrogens is 1. The summed E-state index contributed by atoms with van der Waals surface area (Å²) in [7, 11) is 0. The summed E-state index contributed by atoms with van der Waals surface area (Å²) in [6.07, 6.45) is 0. The largest absolute Gasteiger partial charge is 0.492 e. The van der Waals surface area contributed by atoms with Crippen LogP contribution in [0.25, 0.3) is 10.9 Å². The molecular formula is C19H17N3O4S. The predicted octanol–water partition coefficient (Wildman–Crippen LogP) is 1.99. The highest BCUT2D eigenvalue weighted by Gasteiger charge is 2.09. The van der Waals surface area contributed by atoms with Crippen molar-refractivity contribution in [3.05, 3.63) is 76.1 Å². The molecular weight excluding hydrogens is 366 g/mol. The van der Waals surface area contributed by atoms with Crippen molar-refractivity contribution < 1.29 is 14.7 Å². The van der Waals surface area contributed by atoms with E-state index in [4.69, 9.17) is 22.2 Å². The Balaban J connectivity index is 1.54. The molecule has 1 aromatic heterocycles. The first-order chi connectivity index (χ1) is 13.1. The SMILES string of the molecule is O=C(NCCOc1ccc(C(=S)NO)cc1)c1cc(=O)c2ccccc2[nH]1. The van der Waals surface area contributed by atoms with E-state index in [1.165, 1.54) is 6.07 Å². The maximum absolute atomic E-state index is 12.2. The lowest BCUT2D eigenvalue weighted by atomic mass is 10.2. The summed E-state index contributed by atoms with van der Waals surface area (Å²) in [5.74, 6) is 0.226.